The van der Waals surface area contributed by atoms with Gasteiger partial charge >= 0.3 is 0 Å². The number of anilines is 2. The number of carbonyl (C=O) groups excluding carboxylic acids is 2. The predicted octanol–water partition coefficient (Wildman–Crippen LogP) is 1.67. The number of ether oxygens (including phenoxy) is 1. The number of nitrogens with one attached hydrogen (secondary N) is 2. The number of hydrogen-bond donors (Lipinski definition) is 2. The van der Waals surface area contributed by atoms with Crippen molar-refractivity contribution in [2.45, 2.75) is 17.4 Å². The second kappa shape index (κ2) is 7.37. The van der Waals surface area contributed by atoms with Crippen molar-refractivity contribution < 1.29 is 22.7 Å². The molecule has 0 radical (unpaired) electrons. The minimum Gasteiger partial charge on any atom is -0.478 e. The summed E-state index contributed by atoms with van der Waals surface area (Å²) in [5.74, 6) is -0.379. The number of fused-ring (bicyclic) bond motifs is 1. The summed E-state index contributed by atoms with van der Waals surface area (Å²) in [5.41, 5.74) is 0.875. The van der Waals surface area contributed by atoms with Gasteiger partial charge in [0.05, 0.1) is 17.0 Å². The maximum atomic E-state index is 12.3. The largest absolute Gasteiger partial charge is 0.478 e. The Labute approximate surface area is 157 Å². The highest BCUT2D eigenvalue weighted by Crippen LogP contribution is 2.29. The summed E-state index contributed by atoms with van der Waals surface area (Å²) in [7, 11) is -0.755. The van der Waals surface area contributed by atoms with E-state index in [-0.39, 0.29) is 11.3 Å². The van der Waals surface area contributed by atoms with Gasteiger partial charge in [-0.3, -0.25) is 9.59 Å². The van der Waals surface area contributed by atoms with Gasteiger partial charge in [0.25, 0.3) is 5.91 Å². The highest BCUT2D eigenvalue weighted by molar-refractivity contribution is 7.89. The van der Waals surface area contributed by atoms with Crippen molar-refractivity contribution in [2.75, 3.05) is 24.7 Å². The quantitative estimate of drug-likeness (QED) is 0.809. The van der Waals surface area contributed by atoms with Gasteiger partial charge in [0.15, 0.2) is 6.10 Å². The van der Waals surface area contributed by atoms with E-state index in [1.807, 2.05) is 0 Å². The fourth-order valence-electron chi connectivity index (χ4n) is 2.55. The van der Waals surface area contributed by atoms with Gasteiger partial charge < -0.3 is 15.4 Å². The molecule has 0 unspecified atom stereocenters. The molecule has 3 rings (SSSR count). The van der Waals surface area contributed by atoms with Crippen LogP contribution in [-0.4, -0.2) is 44.7 Å². The average Bonchev–Trinajstić information content (AvgIpc) is 2.62. The van der Waals surface area contributed by atoms with Crippen LogP contribution in [0, 0.1) is 0 Å². The number of carbonyl (C=O) groups is 2. The summed E-state index contributed by atoms with van der Waals surface area (Å²) in [5, 5.41) is 5.30. The van der Waals surface area contributed by atoms with Crippen molar-refractivity contribution in [3.63, 3.8) is 0 Å². The normalized spacial score (nSPS) is 16.3. The van der Waals surface area contributed by atoms with Crippen molar-refractivity contribution in [3.8, 4) is 5.75 Å². The first-order valence-electron chi connectivity index (χ1n) is 8.16. The van der Waals surface area contributed by atoms with Crippen LogP contribution in [0.25, 0.3) is 0 Å². The van der Waals surface area contributed by atoms with E-state index in [0.29, 0.717) is 17.1 Å². The minimum atomic E-state index is -3.61. The zero-order valence-corrected chi connectivity index (χ0v) is 15.6. The molecule has 0 saturated carbocycles. The molecule has 0 aliphatic carbocycles. The smallest absolute Gasteiger partial charge is 0.266 e. The third-order valence-corrected chi connectivity index (χ3v) is 5.78. The van der Waals surface area contributed by atoms with Gasteiger partial charge in [0.1, 0.15) is 5.75 Å². The molecule has 0 fully saturated rings. The van der Waals surface area contributed by atoms with Crippen LogP contribution in [-0.2, 0) is 19.6 Å². The summed E-state index contributed by atoms with van der Waals surface area (Å²) in [6.45, 7) is 0. The Morgan fingerprint density at radius 3 is 2.67 bits per heavy atom. The SMILES string of the molecule is CN(C)S(=O)(=O)c1cccc(NC(=O)C[C@H]2Oc3ccccc3NC2=O)c1. The molecular formula is C18H19N3O5S. The van der Waals surface area contributed by atoms with Crippen LogP contribution in [0.3, 0.4) is 0 Å². The van der Waals surface area contributed by atoms with Crippen molar-refractivity contribution in [1.29, 1.82) is 0 Å². The maximum absolute atomic E-state index is 12.3. The summed E-state index contributed by atoms with van der Waals surface area (Å²) < 4.78 is 31.0. The number of sulfonamides is 1. The summed E-state index contributed by atoms with van der Waals surface area (Å²) in [6.07, 6.45) is -1.17. The monoisotopic (exact) mass is 389 g/mol. The van der Waals surface area contributed by atoms with Gasteiger partial charge in [0, 0.05) is 19.8 Å². The lowest BCUT2D eigenvalue weighted by molar-refractivity contribution is -0.128. The molecule has 2 N–H and O–H groups in total. The molecule has 0 saturated heterocycles. The third kappa shape index (κ3) is 4.09. The first-order chi connectivity index (χ1) is 12.8. The average molecular weight is 389 g/mol. The molecule has 1 heterocycles. The van der Waals surface area contributed by atoms with Crippen molar-refractivity contribution in [3.05, 3.63) is 48.5 Å². The van der Waals surface area contributed by atoms with Crippen molar-refractivity contribution in [1.82, 2.24) is 4.31 Å². The molecule has 2 aromatic carbocycles. The highest BCUT2D eigenvalue weighted by Gasteiger charge is 2.29. The van der Waals surface area contributed by atoms with Crippen LogP contribution < -0.4 is 15.4 Å². The van der Waals surface area contributed by atoms with Gasteiger partial charge in [-0.2, -0.15) is 0 Å². The molecular weight excluding hydrogens is 370 g/mol. The first kappa shape index (κ1) is 18.9. The van der Waals surface area contributed by atoms with E-state index in [1.165, 1.54) is 32.3 Å². The van der Waals surface area contributed by atoms with E-state index in [0.717, 1.165) is 4.31 Å². The summed E-state index contributed by atoms with van der Waals surface area (Å²) in [6, 6.07) is 12.9. The van der Waals surface area contributed by atoms with Crippen LogP contribution in [0.4, 0.5) is 11.4 Å². The Hall–Kier alpha value is -2.91. The van der Waals surface area contributed by atoms with Crippen LogP contribution in [0.5, 0.6) is 5.75 Å². The number of hydrogen-bond acceptors (Lipinski definition) is 5. The Balaban J connectivity index is 1.69. The molecule has 27 heavy (non-hydrogen) atoms. The molecule has 2 aromatic rings. The molecule has 1 aliphatic heterocycles. The van der Waals surface area contributed by atoms with Crippen LogP contribution in [0.15, 0.2) is 53.4 Å². The highest BCUT2D eigenvalue weighted by atomic mass is 32.2. The summed E-state index contributed by atoms with van der Waals surface area (Å²) in [4.78, 5) is 24.5. The topological polar surface area (TPSA) is 105 Å². The van der Waals surface area contributed by atoms with Crippen LogP contribution >= 0.6 is 0 Å². The minimum absolute atomic E-state index is 0.0610. The van der Waals surface area contributed by atoms with Gasteiger partial charge in [-0.25, -0.2) is 12.7 Å². The maximum Gasteiger partial charge on any atom is 0.266 e. The predicted molar refractivity (Wildman–Crippen MR) is 100 cm³/mol. The Morgan fingerprint density at radius 2 is 1.93 bits per heavy atom. The van der Waals surface area contributed by atoms with E-state index in [9.17, 15) is 18.0 Å². The second-order valence-corrected chi connectivity index (χ2v) is 8.31. The third-order valence-electron chi connectivity index (χ3n) is 3.97. The van der Waals surface area contributed by atoms with Crippen LogP contribution in [0.2, 0.25) is 0 Å². The van der Waals surface area contributed by atoms with Gasteiger partial charge in [-0.1, -0.05) is 18.2 Å². The fourth-order valence-corrected chi connectivity index (χ4v) is 3.50. The molecule has 2 amide bonds. The number of amides is 2. The Morgan fingerprint density at radius 1 is 1.19 bits per heavy atom. The Bertz CT molecular complexity index is 988. The Kier molecular flexibility index (Phi) is 5.15. The zero-order valence-electron chi connectivity index (χ0n) is 14.8. The van der Waals surface area contributed by atoms with E-state index >= 15 is 0 Å². The summed E-state index contributed by atoms with van der Waals surface area (Å²) >= 11 is 0. The van der Waals surface area contributed by atoms with E-state index < -0.39 is 27.9 Å². The van der Waals surface area contributed by atoms with E-state index in [4.69, 9.17) is 4.74 Å². The molecule has 0 bridgehead atoms. The molecule has 0 aromatic heterocycles. The fraction of sp³-hybridized carbons (Fsp3) is 0.222. The lowest BCUT2D eigenvalue weighted by Gasteiger charge is -2.25. The van der Waals surface area contributed by atoms with Gasteiger partial charge in [-0.15, -0.1) is 0 Å². The first-order valence-corrected chi connectivity index (χ1v) is 9.60. The molecule has 142 valence electrons. The van der Waals surface area contributed by atoms with Crippen molar-refractivity contribution in [2.24, 2.45) is 0 Å². The number of para-hydroxylation sites is 2. The lowest BCUT2D eigenvalue weighted by Crippen LogP contribution is -2.39. The molecule has 1 aliphatic rings. The zero-order chi connectivity index (χ0) is 19.6. The van der Waals surface area contributed by atoms with Gasteiger partial charge in [-0.05, 0) is 30.3 Å². The second-order valence-electron chi connectivity index (χ2n) is 6.16. The number of nitrogens with zero attached hydrogens (tertiary/aromatic N) is 1. The number of benzene rings is 2. The lowest BCUT2D eigenvalue weighted by atomic mass is 10.1. The van der Waals surface area contributed by atoms with Gasteiger partial charge in [0.2, 0.25) is 15.9 Å². The standard InChI is InChI=1S/C18H19N3O5S/c1-21(2)27(24,25)13-7-5-6-12(10-13)19-17(22)11-16-18(23)20-14-8-3-4-9-15(14)26-16/h3-10,16H,11H2,1-2H3,(H,19,22)(H,20,23)/t16-/m1/s1. The van der Waals surface area contributed by atoms with E-state index in [2.05, 4.69) is 10.6 Å². The molecule has 0 spiro atoms. The molecule has 8 nitrogen and oxygen atoms in total. The number of rotatable bonds is 5. The van der Waals surface area contributed by atoms with E-state index in [1.54, 1.807) is 30.3 Å². The van der Waals surface area contributed by atoms with Crippen LogP contribution in [0.1, 0.15) is 6.42 Å². The molecule has 1 atom stereocenters. The molecule has 9 heteroatoms. The van der Waals surface area contributed by atoms with Crippen molar-refractivity contribution >= 4 is 33.2 Å².